The lowest BCUT2D eigenvalue weighted by molar-refractivity contribution is -0.117. The Morgan fingerprint density at radius 1 is 1.25 bits per heavy atom. The average Bonchev–Trinajstić information content (AvgIpc) is 2.42. The Labute approximate surface area is 75.5 Å². The molecule has 2 unspecified atom stereocenters. The molecule has 12 heavy (non-hydrogen) atoms. The molecule has 1 fully saturated rings. The van der Waals surface area contributed by atoms with Gasteiger partial charge >= 0.3 is 0 Å². The van der Waals surface area contributed by atoms with Gasteiger partial charge in [-0.3, -0.25) is 4.79 Å². The minimum Gasteiger partial charge on any atom is -0.300 e. The monoisotopic (exact) mass is 168 g/mol. The molecule has 0 aliphatic heterocycles. The van der Waals surface area contributed by atoms with Crippen LogP contribution < -0.4 is 0 Å². The maximum atomic E-state index is 11.2. The molecule has 1 nitrogen and oxygen atoms in total. The van der Waals surface area contributed by atoms with Gasteiger partial charge in [0.15, 0.2) is 0 Å². The molecule has 1 aliphatic rings. The Balaban J connectivity index is 2.35. The van der Waals surface area contributed by atoms with E-state index in [1.54, 1.807) is 0 Å². The van der Waals surface area contributed by atoms with Crippen molar-refractivity contribution in [2.24, 2.45) is 11.8 Å². The van der Waals surface area contributed by atoms with E-state index >= 15 is 0 Å². The van der Waals surface area contributed by atoms with E-state index < -0.39 is 0 Å². The summed E-state index contributed by atoms with van der Waals surface area (Å²) in [5.74, 6) is 1.94. The lowest BCUT2D eigenvalue weighted by Gasteiger charge is -2.15. The second kappa shape index (κ2) is 4.64. The van der Waals surface area contributed by atoms with E-state index in [2.05, 4.69) is 13.8 Å². The van der Waals surface area contributed by atoms with Crippen molar-refractivity contribution in [2.75, 3.05) is 0 Å². The van der Waals surface area contributed by atoms with Crippen molar-refractivity contribution in [1.82, 2.24) is 0 Å². The predicted molar refractivity (Wildman–Crippen MR) is 51.0 cm³/mol. The molecule has 0 aromatic heterocycles. The van der Waals surface area contributed by atoms with Gasteiger partial charge in [0.2, 0.25) is 0 Å². The molecule has 0 amide bonds. The summed E-state index contributed by atoms with van der Waals surface area (Å²) < 4.78 is 0. The van der Waals surface area contributed by atoms with Gasteiger partial charge in [-0.1, -0.05) is 33.1 Å². The van der Waals surface area contributed by atoms with Crippen molar-refractivity contribution >= 4 is 5.78 Å². The number of carbonyl (C=O) groups is 1. The van der Waals surface area contributed by atoms with E-state index in [9.17, 15) is 4.79 Å². The summed E-state index contributed by atoms with van der Waals surface area (Å²) in [7, 11) is 0. The highest BCUT2D eigenvalue weighted by Crippen LogP contribution is 2.34. The first-order valence-electron chi connectivity index (χ1n) is 5.29. The molecular weight excluding hydrogens is 148 g/mol. The van der Waals surface area contributed by atoms with Crippen LogP contribution in [0.2, 0.25) is 0 Å². The fourth-order valence-electron chi connectivity index (χ4n) is 2.28. The Bertz CT molecular complexity index is 151. The summed E-state index contributed by atoms with van der Waals surface area (Å²) >= 11 is 0. The Hall–Kier alpha value is -0.330. The molecule has 0 heterocycles. The SMILES string of the molecule is CCCCC1CC(=O)CC1CC. The number of Topliss-reactive ketones (excluding diaryl/α,β-unsaturated/α-hetero) is 1. The Morgan fingerprint density at radius 3 is 2.50 bits per heavy atom. The van der Waals surface area contributed by atoms with Gasteiger partial charge in [-0.05, 0) is 18.3 Å². The molecule has 0 spiro atoms. The van der Waals surface area contributed by atoms with Crippen LogP contribution in [0.1, 0.15) is 52.4 Å². The summed E-state index contributed by atoms with van der Waals surface area (Å²) in [5.41, 5.74) is 0. The van der Waals surface area contributed by atoms with Crippen LogP contribution in [0.15, 0.2) is 0 Å². The summed E-state index contributed by atoms with van der Waals surface area (Å²) in [6, 6.07) is 0. The summed E-state index contributed by atoms with van der Waals surface area (Å²) in [4.78, 5) is 11.2. The average molecular weight is 168 g/mol. The van der Waals surface area contributed by atoms with Crippen LogP contribution in [-0.4, -0.2) is 5.78 Å². The van der Waals surface area contributed by atoms with Gasteiger partial charge in [-0.2, -0.15) is 0 Å². The molecule has 70 valence electrons. The van der Waals surface area contributed by atoms with Crippen LogP contribution in [0.3, 0.4) is 0 Å². The molecule has 0 aromatic rings. The highest BCUT2D eigenvalue weighted by Gasteiger charge is 2.30. The minimum absolute atomic E-state index is 0.503. The maximum absolute atomic E-state index is 11.2. The maximum Gasteiger partial charge on any atom is 0.133 e. The number of hydrogen-bond acceptors (Lipinski definition) is 1. The van der Waals surface area contributed by atoms with Gasteiger partial charge in [0.25, 0.3) is 0 Å². The first kappa shape index (κ1) is 9.76. The molecule has 1 rings (SSSR count). The zero-order chi connectivity index (χ0) is 8.97. The van der Waals surface area contributed by atoms with Crippen molar-refractivity contribution in [3.05, 3.63) is 0 Å². The van der Waals surface area contributed by atoms with Crippen molar-refractivity contribution in [3.63, 3.8) is 0 Å². The fourth-order valence-corrected chi connectivity index (χ4v) is 2.28. The molecular formula is C11H20O. The van der Waals surface area contributed by atoms with Gasteiger partial charge in [0, 0.05) is 12.8 Å². The normalized spacial score (nSPS) is 29.7. The van der Waals surface area contributed by atoms with Crippen LogP contribution in [0.25, 0.3) is 0 Å². The third-order valence-electron chi connectivity index (χ3n) is 3.10. The van der Waals surface area contributed by atoms with Crippen molar-refractivity contribution in [3.8, 4) is 0 Å². The zero-order valence-electron chi connectivity index (χ0n) is 8.31. The number of unbranched alkanes of at least 4 members (excludes halogenated alkanes) is 1. The number of ketones is 1. The molecule has 0 radical (unpaired) electrons. The van der Waals surface area contributed by atoms with E-state index in [-0.39, 0.29) is 0 Å². The molecule has 1 heteroatoms. The van der Waals surface area contributed by atoms with E-state index in [1.807, 2.05) is 0 Å². The molecule has 0 bridgehead atoms. The number of carbonyl (C=O) groups excluding carboxylic acids is 1. The number of rotatable bonds is 4. The molecule has 1 saturated carbocycles. The van der Waals surface area contributed by atoms with Gasteiger partial charge in [-0.15, -0.1) is 0 Å². The highest BCUT2D eigenvalue weighted by molar-refractivity contribution is 5.81. The topological polar surface area (TPSA) is 17.1 Å². The molecule has 1 aliphatic carbocycles. The first-order chi connectivity index (χ1) is 5.77. The van der Waals surface area contributed by atoms with Gasteiger partial charge < -0.3 is 0 Å². The third kappa shape index (κ3) is 2.33. The minimum atomic E-state index is 0.503. The predicted octanol–water partition coefficient (Wildman–Crippen LogP) is 3.18. The largest absolute Gasteiger partial charge is 0.300 e. The summed E-state index contributed by atoms with van der Waals surface area (Å²) in [5, 5.41) is 0. The standard InChI is InChI=1S/C11H20O/c1-3-5-6-10-8-11(12)7-9(10)4-2/h9-10H,3-8H2,1-2H3. The van der Waals surface area contributed by atoms with E-state index in [4.69, 9.17) is 0 Å². The second-order valence-electron chi connectivity index (χ2n) is 4.02. The lowest BCUT2D eigenvalue weighted by atomic mass is 9.89. The number of hydrogen-bond donors (Lipinski definition) is 0. The first-order valence-corrected chi connectivity index (χ1v) is 5.29. The Kier molecular flexibility index (Phi) is 3.77. The second-order valence-corrected chi connectivity index (χ2v) is 4.02. The molecule has 0 saturated heterocycles. The quantitative estimate of drug-likeness (QED) is 0.630. The summed E-state index contributed by atoms with van der Waals surface area (Å²) in [6.07, 6.45) is 6.78. The van der Waals surface area contributed by atoms with E-state index in [1.165, 1.54) is 25.7 Å². The third-order valence-corrected chi connectivity index (χ3v) is 3.10. The van der Waals surface area contributed by atoms with Crippen molar-refractivity contribution in [1.29, 1.82) is 0 Å². The van der Waals surface area contributed by atoms with Gasteiger partial charge in [0.1, 0.15) is 5.78 Å². The smallest absolute Gasteiger partial charge is 0.133 e. The van der Waals surface area contributed by atoms with Crippen molar-refractivity contribution in [2.45, 2.75) is 52.4 Å². The Morgan fingerprint density at radius 2 is 1.92 bits per heavy atom. The summed E-state index contributed by atoms with van der Waals surface area (Å²) in [6.45, 7) is 4.43. The van der Waals surface area contributed by atoms with Crippen LogP contribution in [0, 0.1) is 11.8 Å². The van der Waals surface area contributed by atoms with E-state index in [0.29, 0.717) is 11.7 Å². The van der Waals surface area contributed by atoms with Crippen LogP contribution in [0.4, 0.5) is 0 Å². The van der Waals surface area contributed by atoms with Crippen molar-refractivity contribution < 1.29 is 4.79 Å². The van der Waals surface area contributed by atoms with Crippen LogP contribution in [-0.2, 0) is 4.79 Å². The highest BCUT2D eigenvalue weighted by atomic mass is 16.1. The molecule has 0 N–H and O–H groups in total. The molecule has 0 aromatic carbocycles. The van der Waals surface area contributed by atoms with Crippen LogP contribution >= 0.6 is 0 Å². The lowest BCUT2D eigenvalue weighted by Crippen LogP contribution is -2.06. The van der Waals surface area contributed by atoms with Gasteiger partial charge in [-0.25, -0.2) is 0 Å². The van der Waals surface area contributed by atoms with E-state index in [0.717, 1.165) is 18.8 Å². The molecule has 2 atom stereocenters. The fraction of sp³-hybridized carbons (Fsp3) is 0.909. The van der Waals surface area contributed by atoms with Crippen LogP contribution in [0.5, 0.6) is 0 Å². The van der Waals surface area contributed by atoms with Gasteiger partial charge in [0.05, 0.1) is 0 Å². The zero-order valence-corrected chi connectivity index (χ0v) is 8.31.